The molecule has 7 heteroatoms. The van der Waals surface area contributed by atoms with Gasteiger partial charge in [0.2, 0.25) is 0 Å². The van der Waals surface area contributed by atoms with Crippen LogP contribution in [0.4, 0.5) is 16.2 Å². The van der Waals surface area contributed by atoms with Crippen LogP contribution < -0.4 is 15.8 Å². The van der Waals surface area contributed by atoms with Crippen LogP contribution in [0.25, 0.3) is 10.1 Å². The summed E-state index contributed by atoms with van der Waals surface area (Å²) in [5, 5.41) is 3.38. The smallest absolute Gasteiger partial charge is 0.342 e. The highest BCUT2D eigenvalue weighted by molar-refractivity contribution is 7.14. The fourth-order valence-electron chi connectivity index (χ4n) is 2.88. The molecule has 25 heavy (non-hydrogen) atoms. The molecular weight excluding hydrogens is 338 g/mol. The van der Waals surface area contributed by atoms with Gasteiger partial charge >= 0.3 is 6.03 Å². The molecule has 3 aromatic rings. The van der Waals surface area contributed by atoms with E-state index in [2.05, 4.69) is 10.2 Å². The lowest BCUT2D eigenvalue weighted by molar-refractivity contribution is 0.122. The summed E-state index contributed by atoms with van der Waals surface area (Å²) in [7, 11) is 0. The summed E-state index contributed by atoms with van der Waals surface area (Å²) in [5.41, 5.74) is 1.41. The van der Waals surface area contributed by atoms with Crippen LogP contribution in [0.5, 0.6) is 0 Å². The molecule has 0 bridgehead atoms. The fraction of sp³-hybridized carbons (Fsp3) is 0.222. The molecule has 2 heterocycles. The molecule has 1 saturated heterocycles. The highest BCUT2D eigenvalue weighted by atomic mass is 32.1. The molecular formula is C18H17N3O3S. The van der Waals surface area contributed by atoms with Crippen molar-refractivity contribution in [3.05, 3.63) is 58.9 Å². The number of fused-ring (bicyclic) bond motifs is 1. The average molecular weight is 355 g/mol. The number of anilines is 2. The first-order valence-electron chi connectivity index (χ1n) is 8.07. The van der Waals surface area contributed by atoms with Gasteiger partial charge in [0.15, 0.2) is 0 Å². The van der Waals surface area contributed by atoms with Crippen molar-refractivity contribution in [3.8, 4) is 0 Å². The molecule has 0 saturated carbocycles. The van der Waals surface area contributed by atoms with Gasteiger partial charge in [-0.3, -0.25) is 4.79 Å². The SMILES string of the molecule is O=C(Nc1cccc(N2CCOCC2)c1)n1sc2ccccc2c1=O. The van der Waals surface area contributed by atoms with E-state index in [0.717, 1.165) is 39.0 Å². The van der Waals surface area contributed by atoms with Crippen molar-refractivity contribution >= 4 is 39.0 Å². The zero-order chi connectivity index (χ0) is 17.2. The van der Waals surface area contributed by atoms with Crippen LogP contribution >= 0.6 is 11.5 Å². The minimum atomic E-state index is -0.440. The first-order chi connectivity index (χ1) is 12.2. The molecule has 6 nitrogen and oxygen atoms in total. The van der Waals surface area contributed by atoms with E-state index in [-0.39, 0.29) is 5.56 Å². The third-order valence-electron chi connectivity index (χ3n) is 4.15. The molecule has 2 aromatic carbocycles. The van der Waals surface area contributed by atoms with Crippen LogP contribution in [-0.4, -0.2) is 36.3 Å². The number of carbonyl (C=O) groups excluding carboxylic acids is 1. The third kappa shape index (κ3) is 3.16. The maximum Gasteiger partial charge on any atom is 0.342 e. The molecule has 1 aliphatic heterocycles. The lowest BCUT2D eigenvalue weighted by Gasteiger charge is -2.29. The predicted molar refractivity (Wildman–Crippen MR) is 100.0 cm³/mol. The van der Waals surface area contributed by atoms with Crippen molar-refractivity contribution in [2.45, 2.75) is 0 Å². The zero-order valence-corrected chi connectivity index (χ0v) is 14.3. The second kappa shape index (κ2) is 6.70. The molecule has 0 unspecified atom stereocenters. The van der Waals surface area contributed by atoms with Gasteiger partial charge in [0.05, 0.1) is 23.3 Å². The minimum Gasteiger partial charge on any atom is -0.378 e. The van der Waals surface area contributed by atoms with E-state index in [1.807, 2.05) is 36.4 Å². The van der Waals surface area contributed by atoms with Crippen molar-refractivity contribution in [2.75, 3.05) is 36.5 Å². The number of benzene rings is 2. The Balaban J connectivity index is 1.58. The van der Waals surface area contributed by atoms with E-state index in [1.165, 1.54) is 0 Å². The zero-order valence-electron chi connectivity index (χ0n) is 13.5. The van der Waals surface area contributed by atoms with Gasteiger partial charge in [-0.05, 0) is 41.9 Å². The molecule has 4 rings (SSSR count). The van der Waals surface area contributed by atoms with E-state index >= 15 is 0 Å². The van der Waals surface area contributed by atoms with Gasteiger partial charge in [-0.1, -0.05) is 18.2 Å². The number of aromatic nitrogens is 1. The van der Waals surface area contributed by atoms with Crippen molar-refractivity contribution < 1.29 is 9.53 Å². The summed E-state index contributed by atoms with van der Waals surface area (Å²) in [6.45, 7) is 3.06. The number of hydrogen-bond donors (Lipinski definition) is 1. The second-order valence-electron chi connectivity index (χ2n) is 5.77. The van der Waals surface area contributed by atoms with Crippen molar-refractivity contribution in [2.24, 2.45) is 0 Å². The normalized spacial score (nSPS) is 14.6. The van der Waals surface area contributed by atoms with Crippen LogP contribution in [0.1, 0.15) is 0 Å². The Kier molecular flexibility index (Phi) is 4.25. The van der Waals surface area contributed by atoms with Crippen LogP contribution in [0.2, 0.25) is 0 Å². The van der Waals surface area contributed by atoms with Gasteiger partial charge in [0.1, 0.15) is 0 Å². The lowest BCUT2D eigenvalue weighted by Crippen LogP contribution is -2.36. The molecule has 1 aliphatic rings. The molecule has 0 radical (unpaired) electrons. The number of ether oxygens (including phenoxy) is 1. The second-order valence-corrected chi connectivity index (χ2v) is 6.75. The van der Waals surface area contributed by atoms with Crippen molar-refractivity contribution in [1.29, 1.82) is 0 Å². The number of morpholine rings is 1. The monoisotopic (exact) mass is 355 g/mol. The van der Waals surface area contributed by atoms with E-state index < -0.39 is 6.03 Å². The van der Waals surface area contributed by atoms with Crippen LogP contribution in [0, 0.1) is 0 Å². The number of nitrogens with one attached hydrogen (secondary N) is 1. The Morgan fingerprint density at radius 1 is 1.08 bits per heavy atom. The van der Waals surface area contributed by atoms with E-state index in [0.29, 0.717) is 24.3 Å². The Labute approximate surface area is 148 Å². The highest BCUT2D eigenvalue weighted by Crippen LogP contribution is 2.21. The molecule has 1 amide bonds. The summed E-state index contributed by atoms with van der Waals surface area (Å²) in [6, 6.07) is 14.4. The van der Waals surface area contributed by atoms with E-state index in [4.69, 9.17) is 4.74 Å². The number of rotatable bonds is 2. The van der Waals surface area contributed by atoms with Gasteiger partial charge in [-0.2, -0.15) is 3.96 Å². The van der Waals surface area contributed by atoms with Gasteiger partial charge in [-0.15, -0.1) is 0 Å². The molecule has 128 valence electrons. The highest BCUT2D eigenvalue weighted by Gasteiger charge is 2.15. The van der Waals surface area contributed by atoms with Crippen LogP contribution in [0.15, 0.2) is 53.3 Å². The molecule has 0 aliphatic carbocycles. The number of amides is 1. The van der Waals surface area contributed by atoms with E-state index in [9.17, 15) is 9.59 Å². The van der Waals surface area contributed by atoms with E-state index in [1.54, 1.807) is 12.1 Å². The number of nitrogens with zero attached hydrogens (tertiary/aromatic N) is 2. The number of hydrogen-bond acceptors (Lipinski definition) is 5. The Morgan fingerprint density at radius 2 is 1.88 bits per heavy atom. The Morgan fingerprint density at radius 3 is 2.68 bits per heavy atom. The van der Waals surface area contributed by atoms with Crippen LogP contribution in [0.3, 0.4) is 0 Å². The first kappa shape index (κ1) is 15.9. The molecule has 1 aromatic heterocycles. The summed E-state index contributed by atoms with van der Waals surface area (Å²) >= 11 is 1.15. The van der Waals surface area contributed by atoms with Gasteiger partial charge in [-0.25, -0.2) is 4.79 Å². The fourth-order valence-corrected chi connectivity index (χ4v) is 3.78. The predicted octanol–water partition coefficient (Wildman–Crippen LogP) is 2.98. The molecule has 0 spiro atoms. The van der Waals surface area contributed by atoms with Crippen molar-refractivity contribution in [1.82, 2.24) is 3.96 Å². The minimum absolute atomic E-state index is 0.289. The quantitative estimate of drug-likeness (QED) is 0.768. The first-order valence-corrected chi connectivity index (χ1v) is 8.85. The Hall–Kier alpha value is -2.64. The van der Waals surface area contributed by atoms with Crippen LogP contribution in [-0.2, 0) is 4.74 Å². The maximum absolute atomic E-state index is 12.5. The van der Waals surface area contributed by atoms with Gasteiger partial charge in [0, 0.05) is 24.5 Å². The number of carbonyl (C=O) groups is 1. The maximum atomic E-state index is 12.5. The molecule has 0 atom stereocenters. The molecule has 1 fully saturated rings. The summed E-state index contributed by atoms with van der Waals surface area (Å²) in [6.07, 6.45) is 0. The lowest BCUT2D eigenvalue weighted by atomic mass is 10.2. The average Bonchev–Trinajstić information content (AvgIpc) is 3.00. The summed E-state index contributed by atoms with van der Waals surface area (Å²) in [5.74, 6) is 0. The van der Waals surface area contributed by atoms with Gasteiger partial charge in [0.25, 0.3) is 5.56 Å². The third-order valence-corrected chi connectivity index (χ3v) is 5.22. The summed E-state index contributed by atoms with van der Waals surface area (Å²) in [4.78, 5) is 27.1. The standard InChI is InChI=1S/C18H17N3O3S/c22-17-15-6-1-2-7-16(15)25-21(17)18(23)19-13-4-3-5-14(12-13)20-8-10-24-11-9-20/h1-7,12H,8-11H2,(H,19,23). The van der Waals surface area contributed by atoms with Gasteiger partial charge < -0.3 is 15.0 Å². The van der Waals surface area contributed by atoms with Crippen molar-refractivity contribution in [3.63, 3.8) is 0 Å². The molecule has 1 N–H and O–H groups in total. The summed E-state index contributed by atoms with van der Waals surface area (Å²) < 4.78 is 7.32. The largest absolute Gasteiger partial charge is 0.378 e. The topological polar surface area (TPSA) is 63.6 Å². The Bertz CT molecular complexity index is 973.